The first-order valence-corrected chi connectivity index (χ1v) is 7.35. The number of carbonyl (C=O) groups excluding carboxylic acids is 1. The third kappa shape index (κ3) is 5.50. The summed E-state index contributed by atoms with van der Waals surface area (Å²) in [6.07, 6.45) is 2.44. The second-order valence-electron chi connectivity index (χ2n) is 4.92. The maximum atomic E-state index is 11.7. The van der Waals surface area contributed by atoms with Crippen LogP contribution in [0.4, 0.5) is 4.79 Å². The number of rotatable bonds is 7. The van der Waals surface area contributed by atoms with Gasteiger partial charge in [0.2, 0.25) is 5.88 Å². The number of nitrogens with one attached hydrogen (secondary N) is 2. The first kappa shape index (κ1) is 16.6. The molecule has 2 N–H and O–H groups in total. The van der Waals surface area contributed by atoms with Crippen LogP contribution in [0.15, 0.2) is 42.6 Å². The highest BCUT2D eigenvalue weighted by atomic mass is 16.5. The Morgan fingerprint density at radius 3 is 2.35 bits per heavy atom. The molecular weight excluding hydrogens is 294 g/mol. The number of hydrogen-bond acceptors (Lipinski definition) is 4. The third-order valence-electron chi connectivity index (χ3n) is 3.32. The van der Waals surface area contributed by atoms with Crippen molar-refractivity contribution < 1.29 is 14.3 Å². The van der Waals surface area contributed by atoms with Crippen molar-refractivity contribution in [1.29, 1.82) is 0 Å². The molecule has 1 aromatic heterocycles. The number of pyridine rings is 1. The molecule has 0 fully saturated rings. The van der Waals surface area contributed by atoms with Gasteiger partial charge in [0.25, 0.3) is 0 Å². The molecule has 0 saturated carbocycles. The fourth-order valence-corrected chi connectivity index (χ4v) is 1.99. The third-order valence-corrected chi connectivity index (χ3v) is 3.32. The number of nitrogens with zero attached hydrogens (tertiary/aromatic N) is 1. The van der Waals surface area contributed by atoms with Crippen molar-refractivity contribution in [3.63, 3.8) is 0 Å². The first-order valence-electron chi connectivity index (χ1n) is 7.35. The zero-order valence-corrected chi connectivity index (χ0v) is 13.3. The second-order valence-corrected chi connectivity index (χ2v) is 4.92. The Hall–Kier alpha value is -2.76. The van der Waals surface area contributed by atoms with Crippen LogP contribution in [0.5, 0.6) is 11.6 Å². The minimum atomic E-state index is -0.200. The SMILES string of the molecule is COc1ccc(CCNC(=O)NCc2ccc(OC)nc2)cc1. The number of benzene rings is 1. The van der Waals surface area contributed by atoms with Crippen molar-refractivity contribution in [2.24, 2.45) is 0 Å². The van der Waals surface area contributed by atoms with Crippen LogP contribution in [0.25, 0.3) is 0 Å². The summed E-state index contributed by atoms with van der Waals surface area (Å²) in [6.45, 7) is 0.990. The highest BCUT2D eigenvalue weighted by molar-refractivity contribution is 5.73. The highest BCUT2D eigenvalue weighted by Crippen LogP contribution is 2.11. The molecule has 6 heteroatoms. The lowest BCUT2D eigenvalue weighted by atomic mass is 10.1. The molecule has 0 aliphatic rings. The summed E-state index contributed by atoms with van der Waals surface area (Å²) in [7, 11) is 3.20. The molecule has 0 radical (unpaired) electrons. The van der Waals surface area contributed by atoms with Crippen molar-refractivity contribution in [3.05, 3.63) is 53.7 Å². The van der Waals surface area contributed by atoms with E-state index >= 15 is 0 Å². The quantitative estimate of drug-likeness (QED) is 0.821. The predicted molar refractivity (Wildman–Crippen MR) is 87.7 cm³/mol. The van der Waals surface area contributed by atoms with Gasteiger partial charge in [-0.15, -0.1) is 0 Å². The molecule has 0 bridgehead atoms. The van der Waals surface area contributed by atoms with Crippen LogP contribution in [0.1, 0.15) is 11.1 Å². The van der Waals surface area contributed by atoms with Gasteiger partial charge in [0.1, 0.15) is 5.75 Å². The molecule has 0 unspecified atom stereocenters. The molecule has 2 aromatic rings. The first-order chi connectivity index (χ1) is 11.2. The minimum absolute atomic E-state index is 0.200. The number of aromatic nitrogens is 1. The number of ether oxygens (including phenoxy) is 2. The zero-order valence-electron chi connectivity index (χ0n) is 13.3. The number of carbonyl (C=O) groups is 1. The lowest BCUT2D eigenvalue weighted by molar-refractivity contribution is 0.240. The van der Waals surface area contributed by atoms with E-state index in [2.05, 4.69) is 15.6 Å². The predicted octanol–water partition coefficient (Wildman–Crippen LogP) is 2.14. The van der Waals surface area contributed by atoms with Crippen LogP contribution in [-0.2, 0) is 13.0 Å². The average Bonchev–Trinajstić information content (AvgIpc) is 2.61. The topological polar surface area (TPSA) is 72.5 Å². The molecule has 1 aromatic carbocycles. The van der Waals surface area contributed by atoms with Crippen LogP contribution in [-0.4, -0.2) is 31.8 Å². The van der Waals surface area contributed by atoms with Gasteiger partial charge in [0.15, 0.2) is 0 Å². The van der Waals surface area contributed by atoms with Crippen molar-refractivity contribution in [2.75, 3.05) is 20.8 Å². The van der Waals surface area contributed by atoms with E-state index in [-0.39, 0.29) is 6.03 Å². The van der Waals surface area contributed by atoms with E-state index in [4.69, 9.17) is 9.47 Å². The van der Waals surface area contributed by atoms with Gasteiger partial charge in [-0.05, 0) is 29.7 Å². The summed E-state index contributed by atoms with van der Waals surface area (Å²) in [6, 6.07) is 11.2. The molecule has 0 saturated heterocycles. The molecular formula is C17H21N3O3. The molecule has 2 rings (SSSR count). The van der Waals surface area contributed by atoms with Gasteiger partial charge in [0.05, 0.1) is 14.2 Å². The summed E-state index contributed by atoms with van der Waals surface area (Å²) < 4.78 is 10.1. The van der Waals surface area contributed by atoms with E-state index in [0.29, 0.717) is 19.0 Å². The maximum Gasteiger partial charge on any atom is 0.315 e. The van der Waals surface area contributed by atoms with E-state index in [0.717, 1.165) is 23.3 Å². The summed E-state index contributed by atoms with van der Waals surface area (Å²) in [4.78, 5) is 15.8. The van der Waals surface area contributed by atoms with Crippen LogP contribution in [0, 0.1) is 0 Å². The Labute approximate surface area is 135 Å². The van der Waals surface area contributed by atoms with Crippen LogP contribution in [0.2, 0.25) is 0 Å². The van der Waals surface area contributed by atoms with E-state index in [1.54, 1.807) is 26.5 Å². The van der Waals surface area contributed by atoms with Gasteiger partial charge in [0, 0.05) is 25.4 Å². The smallest absolute Gasteiger partial charge is 0.315 e. The number of methoxy groups -OCH3 is 2. The van der Waals surface area contributed by atoms with Gasteiger partial charge in [-0.25, -0.2) is 9.78 Å². The van der Waals surface area contributed by atoms with E-state index in [9.17, 15) is 4.79 Å². The van der Waals surface area contributed by atoms with Crippen molar-refractivity contribution in [1.82, 2.24) is 15.6 Å². The standard InChI is InChI=1S/C17H21N3O3/c1-22-15-6-3-13(4-7-15)9-10-18-17(21)20-12-14-5-8-16(23-2)19-11-14/h3-8,11H,9-10,12H2,1-2H3,(H2,18,20,21). The molecule has 0 atom stereocenters. The zero-order chi connectivity index (χ0) is 16.5. The number of urea groups is 1. The summed E-state index contributed by atoms with van der Waals surface area (Å²) in [5.74, 6) is 1.38. The minimum Gasteiger partial charge on any atom is -0.497 e. The Morgan fingerprint density at radius 1 is 1.00 bits per heavy atom. The largest absolute Gasteiger partial charge is 0.497 e. The lowest BCUT2D eigenvalue weighted by Gasteiger charge is -2.08. The molecule has 1 heterocycles. The van der Waals surface area contributed by atoms with Crippen LogP contribution in [0.3, 0.4) is 0 Å². The molecule has 2 amide bonds. The van der Waals surface area contributed by atoms with Gasteiger partial charge < -0.3 is 20.1 Å². The molecule has 122 valence electrons. The Balaban J connectivity index is 1.67. The van der Waals surface area contributed by atoms with Crippen LogP contribution < -0.4 is 20.1 Å². The van der Waals surface area contributed by atoms with E-state index in [1.165, 1.54) is 0 Å². The fraction of sp³-hybridized carbons (Fsp3) is 0.294. The molecule has 0 aliphatic heterocycles. The Kier molecular flexibility index (Phi) is 6.23. The Morgan fingerprint density at radius 2 is 1.74 bits per heavy atom. The van der Waals surface area contributed by atoms with Crippen molar-refractivity contribution in [3.8, 4) is 11.6 Å². The second kappa shape index (κ2) is 8.63. The molecule has 0 aliphatic carbocycles. The van der Waals surface area contributed by atoms with E-state index in [1.807, 2.05) is 30.3 Å². The fourth-order valence-electron chi connectivity index (χ4n) is 1.99. The van der Waals surface area contributed by atoms with Crippen molar-refractivity contribution >= 4 is 6.03 Å². The summed E-state index contributed by atoms with van der Waals surface area (Å²) in [5.41, 5.74) is 2.06. The van der Waals surface area contributed by atoms with E-state index < -0.39 is 0 Å². The monoisotopic (exact) mass is 315 g/mol. The van der Waals surface area contributed by atoms with Crippen molar-refractivity contribution in [2.45, 2.75) is 13.0 Å². The summed E-state index contributed by atoms with van der Waals surface area (Å²) >= 11 is 0. The van der Waals surface area contributed by atoms with Gasteiger partial charge in [-0.3, -0.25) is 0 Å². The molecule has 23 heavy (non-hydrogen) atoms. The van der Waals surface area contributed by atoms with Crippen LogP contribution >= 0.6 is 0 Å². The summed E-state index contributed by atoms with van der Waals surface area (Å²) in [5, 5.41) is 5.62. The number of hydrogen-bond donors (Lipinski definition) is 2. The average molecular weight is 315 g/mol. The lowest BCUT2D eigenvalue weighted by Crippen LogP contribution is -2.36. The highest BCUT2D eigenvalue weighted by Gasteiger charge is 2.01. The van der Waals surface area contributed by atoms with Gasteiger partial charge in [-0.1, -0.05) is 18.2 Å². The van der Waals surface area contributed by atoms with Gasteiger partial charge in [-0.2, -0.15) is 0 Å². The Bertz CT molecular complexity index is 612. The normalized spacial score (nSPS) is 10.0. The molecule has 6 nitrogen and oxygen atoms in total. The maximum absolute atomic E-state index is 11.7. The molecule has 0 spiro atoms. The number of amides is 2. The van der Waals surface area contributed by atoms with Gasteiger partial charge >= 0.3 is 6.03 Å².